The first-order valence-corrected chi connectivity index (χ1v) is 9.09. The highest BCUT2D eigenvalue weighted by Gasteiger charge is 2.16. The number of aryl methyl sites for hydroxylation is 1. The number of benzene rings is 2. The lowest BCUT2D eigenvalue weighted by Gasteiger charge is -2.23. The summed E-state index contributed by atoms with van der Waals surface area (Å²) in [5, 5.41) is 2.89. The van der Waals surface area contributed by atoms with Gasteiger partial charge in [0, 0.05) is 32.1 Å². The standard InChI is InChI=1S/C21H24N2O4/c1-3-17-6-4-5-7-18(17)23(15(2)24)11-10-21(25)22-13-16-8-9-19-20(12-16)27-14-26-19/h4-9,12H,3,10-11,13-14H2,1-2H3,(H,22,25). The predicted molar refractivity (Wildman–Crippen MR) is 103 cm³/mol. The molecule has 142 valence electrons. The molecular formula is C21H24N2O4. The zero-order valence-electron chi connectivity index (χ0n) is 15.7. The molecule has 1 aliphatic heterocycles. The number of nitrogens with one attached hydrogen (secondary N) is 1. The van der Waals surface area contributed by atoms with Gasteiger partial charge >= 0.3 is 0 Å². The number of rotatable bonds is 7. The Labute approximate surface area is 159 Å². The van der Waals surface area contributed by atoms with E-state index in [9.17, 15) is 9.59 Å². The Morgan fingerprint density at radius 2 is 1.89 bits per heavy atom. The predicted octanol–water partition coefficient (Wildman–Crippen LogP) is 3.04. The lowest BCUT2D eigenvalue weighted by atomic mass is 10.1. The second-order valence-corrected chi connectivity index (χ2v) is 6.37. The van der Waals surface area contributed by atoms with Gasteiger partial charge in [0.25, 0.3) is 0 Å². The molecule has 1 N–H and O–H groups in total. The highest BCUT2D eigenvalue weighted by molar-refractivity contribution is 5.93. The Morgan fingerprint density at radius 1 is 1.11 bits per heavy atom. The molecule has 0 aromatic heterocycles. The molecule has 0 saturated carbocycles. The summed E-state index contributed by atoms with van der Waals surface area (Å²) < 4.78 is 10.6. The first-order chi connectivity index (χ1) is 13.1. The van der Waals surface area contributed by atoms with Gasteiger partial charge < -0.3 is 19.7 Å². The number of ether oxygens (including phenoxy) is 2. The molecule has 1 heterocycles. The number of fused-ring (bicyclic) bond motifs is 1. The first-order valence-electron chi connectivity index (χ1n) is 9.09. The van der Waals surface area contributed by atoms with Crippen molar-refractivity contribution in [3.8, 4) is 11.5 Å². The van der Waals surface area contributed by atoms with E-state index in [4.69, 9.17) is 9.47 Å². The van der Waals surface area contributed by atoms with Crippen molar-refractivity contribution < 1.29 is 19.1 Å². The maximum Gasteiger partial charge on any atom is 0.231 e. The second kappa shape index (κ2) is 8.58. The van der Waals surface area contributed by atoms with Crippen LogP contribution in [0.15, 0.2) is 42.5 Å². The first kappa shape index (κ1) is 18.8. The molecule has 6 nitrogen and oxygen atoms in total. The van der Waals surface area contributed by atoms with E-state index in [1.54, 1.807) is 4.90 Å². The van der Waals surface area contributed by atoms with E-state index < -0.39 is 0 Å². The van der Waals surface area contributed by atoms with E-state index in [2.05, 4.69) is 12.2 Å². The van der Waals surface area contributed by atoms with Gasteiger partial charge in [-0.05, 0) is 35.7 Å². The van der Waals surface area contributed by atoms with Gasteiger partial charge in [0.05, 0.1) is 0 Å². The molecule has 0 spiro atoms. The van der Waals surface area contributed by atoms with Crippen LogP contribution in [0, 0.1) is 0 Å². The zero-order valence-corrected chi connectivity index (χ0v) is 15.7. The van der Waals surface area contributed by atoms with E-state index in [-0.39, 0.29) is 25.0 Å². The van der Waals surface area contributed by atoms with Crippen molar-refractivity contribution in [2.24, 2.45) is 0 Å². The molecule has 0 atom stereocenters. The number of anilines is 1. The molecule has 1 aliphatic rings. The number of hydrogen-bond acceptors (Lipinski definition) is 4. The molecule has 3 rings (SSSR count). The largest absolute Gasteiger partial charge is 0.454 e. The highest BCUT2D eigenvalue weighted by Crippen LogP contribution is 2.32. The van der Waals surface area contributed by atoms with Crippen LogP contribution >= 0.6 is 0 Å². The Hall–Kier alpha value is -3.02. The topological polar surface area (TPSA) is 67.9 Å². The molecule has 27 heavy (non-hydrogen) atoms. The Kier molecular flexibility index (Phi) is 5.96. The summed E-state index contributed by atoms with van der Waals surface area (Å²) in [6, 6.07) is 13.4. The van der Waals surface area contributed by atoms with Crippen LogP contribution in [0.4, 0.5) is 5.69 Å². The third-order valence-electron chi connectivity index (χ3n) is 4.53. The van der Waals surface area contributed by atoms with Gasteiger partial charge in [-0.3, -0.25) is 9.59 Å². The number of carbonyl (C=O) groups excluding carboxylic acids is 2. The monoisotopic (exact) mass is 368 g/mol. The summed E-state index contributed by atoms with van der Waals surface area (Å²) in [5.41, 5.74) is 2.90. The van der Waals surface area contributed by atoms with Crippen molar-refractivity contribution >= 4 is 17.5 Å². The molecule has 0 bridgehead atoms. The molecule has 0 fully saturated rings. The van der Waals surface area contributed by atoms with E-state index in [1.165, 1.54) is 6.92 Å². The quantitative estimate of drug-likeness (QED) is 0.816. The fourth-order valence-corrected chi connectivity index (χ4v) is 3.07. The van der Waals surface area contributed by atoms with Gasteiger partial charge in [-0.25, -0.2) is 0 Å². The fraction of sp³-hybridized carbons (Fsp3) is 0.333. The van der Waals surface area contributed by atoms with Crippen molar-refractivity contribution in [1.29, 1.82) is 0 Å². The van der Waals surface area contributed by atoms with Gasteiger partial charge in [-0.2, -0.15) is 0 Å². The van der Waals surface area contributed by atoms with Crippen LogP contribution in [0.25, 0.3) is 0 Å². The van der Waals surface area contributed by atoms with Crippen LogP contribution in [0.5, 0.6) is 11.5 Å². The SMILES string of the molecule is CCc1ccccc1N(CCC(=O)NCc1ccc2c(c1)OCO2)C(C)=O. The van der Waals surface area contributed by atoms with Crippen molar-refractivity contribution in [3.63, 3.8) is 0 Å². The Balaban J connectivity index is 1.56. The molecule has 2 aromatic rings. The molecule has 2 aromatic carbocycles. The molecule has 0 saturated heterocycles. The molecule has 6 heteroatoms. The second-order valence-electron chi connectivity index (χ2n) is 6.37. The van der Waals surface area contributed by atoms with Crippen LogP contribution in [0.2, 0.25) is 0 Å². The minimum Gasteiger partial charge on any atom is -0.454 e. The van der Waals surface area contributed by atoms with Crippen molar-refractivity contribution in [2.45, 2.75) is 33.2 Å². The van der Waals surface area contributed by atoms with Gasteiger partial charge in [-0.1, -0.05) is 31.2 Å². The average molecular weight is 368 g/mol. The van der Waals surface area contributed by atoms with Crippen molar-refractivity contribution in [3.05, 3.63) is 53.6 Å². The molecule has 0 aliphatic carbocycles. The Morgan fingerprint density at radius 3 is 2.67 bits per heavy atom. The lowest BCUT2D eigenvalue weighted by molar-refractivity contribution is -0.121. The smallest absolute Gasteiger partial charge is 0.231 e. The molecule has 0 unspecified atom stereocenters. The number of para-hydroxylation sites is 1. The lowest BCUT2D eigenvalue weighted by Crippen LogP contribution is -2.34. The molecular weight excluding hydrogens is 344 g/mol. The summed E-state index contributed by atoms with van der Waals surface area (Å²) in [5.74, 6) is 1.24. The van der Waals surface area contributed by atoms with E-state index in [1.807, 2.05) is 42.5 Å². The number of carbonyl (C=O) groups is 2. The summed E-state index contributed by atoms with van der Waals surface area (Å²) in [4.78, 5) is 26.0. The normalized spacial score (nSPS) is 11.9. The molecule has 2 amide bonds. The minimum atomic E-state index is -0.104. The number of hydrogen-bond donors (Lipinski definition) is 1. The van der Waals surface area contributed by atoms with Crippen molar-refractivity contribution in [1.82, 2.24) is 5.32 Å². The highest BCUT2D eigenvalue weighted by atomic mass is 16.7. The maximum absolute atomic E-state index is 12.3. The third kappa shape index (κ3) is 4.58. The minimum absolute atomic E-state index is 0.0699. The Bertz CT molecular complexity index is 835. The van der Waals surface area contributed by atoms with Crippen molar-refractivity contribution in [2.75, 3.05) is 18.2 Å². The number of amides is 2. The average Bonchev–Trinajstić information content (AvgIpc) is 3.14. The number of nitrogens with zero attached hydrogens (tertiary/aromatic N) is 1. The molecule has 0 radical (unpaired) electrons. The van der Waals surface area contributed by atoms with E-state index in [0.717, 1.165) is 29.0 Å². The maximum atomic E-state index is 12.3. The summed E-state index contributed by atoms with van der Waals surface area (Å²) in [7, 11) is 0. The van der Waals surface area contributed by atoms with Gasteiger partial charge in [0.2, 0.25) is 18.6 Å². The van der Waals surface area contributed by atoms with Crippen LogP contribution in [-0.4, -0.2) is 25.2 Å². The summed E-state index contributed by atoms with van der Waals surface area (Å²) >= 11 is 0. The van der Waals surface area contributed by atoms with Crippen LogP contribution in [0.3, 0.4) is 0 Å². The van der Waals surface area contributed by atoms with Crippen LogP contribution in [-0.2, 0) is 22.6 Å². The summed E-state index contributed by atoms with van der Waals surface area (Å²) in [6.45, 7) is 4.55. The summed E-state index contributed by atoms with van der Waals surface area (Å²) in [6.07, 6.45) is 1.07. The van der Waals surface area contributed by atoms with E-state index >= 15 is 0 Å². The van der Waals surface area contributed by atoms with Crippen LogP contribution in [0.1, 0.15) is 31.4 Å². The van der Waals surface area contributed by atoms with Gasteiger partial charge in [0.15, 0.2) is 11.5 Å². The van der Waals surface area contributed by atoms with Crippen LogP contribution < -0.4 is 19.7 Å². The fourth-order valence-electron chi connectivity index (χ4n) is 3.07. The van der Waals surface area contributed by atoms with Gasteiger partial charge in [0.1, 0.15) is 0 Å². The van der Waals surface area contributed by atoms with Gasteiger partial charge in [-0.15, -0.1) is 0 Å². The third-order valence-corrected chi connectivity index (χ3v) is 4.53. The van der Waals surface area contributed by atoms with E-state index in [0.29, 0.717) is 18.8 Å². The zero-order chi connectivity index (χ0) is 19.2.